The Kier molecular flexibility index (Phi) is 6.85. The van der Waals surface area contributed by atoms with Crippen LogP contribution in [0.4, 0.5) is 13.2 Å². The SMILES string of the molecule is FC(F)(F)COCCCC1CCCCC(Br)C1. The summed E-state index contributed by atoms with van der Waals surface area (Å²) < 4.78 is 40.0. The molecule has 0 aromatic heterocycles. The molecule has 1 aliphatic rings. The lowest BCUT2D eigenvalue weighted by Crippen LogP contribution is -2.17. The quantitative estimate of drug-likeness (QED) is 0.406. The second-order valence-corrected chi connectivity index (χ2v) is 6.09. The molecule has 0 aromatic rings. The van der Waals surface area contributed by atoms with Crippen molar-refractivity contribution in [3.63, 3.8) is 0 Å². The zero-order chi connectivity index (χ0) is 12.7. The Labute approximate surface area is 109 Å². The highest BCUT2D eigenvalue weighted by molar-refractivity contribution is 9.09. The predicted molar refractivity (Wildman–Crippen MR) is 65.4 cm³/mol. The van der Waals surface area contributed by atoms with Crippen LogP contribution in [0.5, 0.6) is 0 Å². The van der Waals surface area contributed by atoms with Crippen molar-refractivity contribution < 1.29 is 17.9 Å². The summed E-state index contributed by atoms with van der Waals surface area (Å²) in [5, 5.41) is 0. The maximum atomic E-state index is 11.8. The number of alkyl halides is 4. The Balaban J connectivity index is 2.05. The molecule has 0 bridgehead atoms. The number of halogens is 4. The van der Waals surface area contributed by atoms with Gasteiger partial charge in [0.25, 0.3) is 0 Å². The van der Waals surface area contributed by atoms with Crippen LogP contribution < -0.4 is 0 Å². The maximum absolute atomic E-state index is 11.8. The van der Waals surface area contributed by atoms with E-state index in [0.717, 1.165) is 19.3 Å². The fraction of sp³-hybridized carbons (Fsp3) is 1.00. The molecule has 0 aromatic carbocycles. The monoisotopic (exact) mass is 316 g/mol. The lowest BCUT2D eigenvalue weighted by Gasteiger charge is -2.16. The summed E-state index contributed by atoms with van der Waals surface area (Å²) in [6.07, 6.45) is 3.62. The van der Waals surface area contributed by atoms with Gasteiger partial charge in [-0.2, -0.15) is 13.2 Å². The lowest BCUT2D eigenvalue weighted by atomic mass is 9.95. The molecule has 1 fully saturated rings. The van der Waals surface area contributed by atoms with Crippen molar-refractivity contribution in [3.05, 3.63) is 0 Å². The van der Waals surface area contributed by atoms with E-state index in [1.54, 1.807) is 0 Å². The van der Waals surface area contributed by atoms with E-state index >= 15 is 0 Å². The minimum atomic E-state index is -4.19. The summed E-state index contributed by atoms with van der Waals surface area (Å²) in [6, 6.07) is 0. The van der Waals surface area contributed by atoms with Crippen LogP contribution in [0.15, 0.2) is 0 Å². The number of rotatable bonds is 5. The van der Waals surface area contributed by atoms with Crippen LogP contribution in [0.3, 0.4) is 0 Å². The Morgan fingerprint density at radius 1 is 1.18 bits per heavy atom. The first-order valence-corrected chi connectivity index (χ1v) is 7.17. The molecule has 1 rings (SSSR count). The van der Waals surface area contributed by atoms with Crippen LogP contribution in [0.25, 0.3) is 0 Å². The molecular formula is C12H20BrF3O. The molecule has 102 valence electrons. The van der Waals surface area contributed by atoms with Gasteiger partial charge in [-0.25, -0.2) is 0 Å². The van der Waals surface area contributed by atoms with Crippen molar-refractivity contribution in [1.29, 1.82) is 0 Å². The van der Waals surface area contributed by atoms with Crippen LogP contribution in [0, 0.1) is 5.92 Å². The number of hydrogen-bond acceptors (Lipinski definition) is 1. The fourth-order valence-corrected chi connectivity index (χ4v) is 3.17. The van der Waals surface area contributed by atoms with Crippen molar-refractivity contribution in [2.24, 2.45) is 5.92 Å². The van der Waals surface area contributed by atoms with Gasteiger partial charge in [0.1, 0.15) is 6.61 Å². The van der Waals surface area contributed by atoms with Gasteiger partial charge in [0.05, 0.1) is 0 Å². The van der Waals surface area contributed by atoms with E-state index < -0.39 is 12.8 Å². The summed E-state index contributed by atoms with van der Waals surface area (Å²) >= 11 is 3.65. The van der Waals surface area contributed by atoms with E-state index in [2.05, 4.69) is 20.7 Å². The van der Waals surface area contributed by atoms with Gasteiger partial charge in [0.15, 0.2) is 0 Å². The first-order chi connectivity index (χ1) is 7.97. The number of hydrogen-bond donors (Lipinski definition) is 0. The molecule has 0 amide bonds. The molecule has 0 N–H and O–H groups in total. The molecule has 0 heterocycles. The van der Waals surface area contributed by atoms with Gasteiger partial charge in [-0.1, -0.05) is 35.2 Å². The molecular weight excluding hydrogens is 297 g/mol. The highest BCUT2D eigenvalue weighted by Gasteiger charge is 2.27. The fourth-order valence-electron chi connectivity index (χ4n) is 2.32. The molecule has 17 heavy (non-hydrogen) atoms. The van der Waals surface area contributed by atoms with Crippen LogP contribution >= 0.6 is 15.9 Å². The van der Waals surface area contributed by atoms with E-state index in [0.29, 0.717) is 10.7 Å². The molecule has 2 unspecified atom stereocenters. The van der Waals surface area contributed by atoms with Gasteiger partial charge < -0.3 is 4.74 Å². The van der Waals surface area contributed by atoms with Crippen molar-refractivity contribution in [2.45, 2.75) is 55.9 Å². The Morgan fingerprint density at radius 3 is 2.59 bits per heavy atom. The summed E-state index contributed by atoms with van der Waals surface area (Å²) in [6.45, 7) is -0.887. The Bertz CT molecular complexity index is 208. The minimum Gasteiger partial charge on any atom is -0.372 e. The number of ether oxygens (including phenoxy) is 1. The molecule has 5 heteroatoms. The molecule has 1 nitrogen and oxygen atoms in total. The zero-order valence-electron chi connectivity index (χ0n) is 9.94. The van der Waals surface area contributed by atoms with Crippen molar-refractivity contribution >= 4 is 15.9 Å². The third-order valence-electron chi connectivity index (χ3n) is 3.14. The first kappa shape index (κ1) is 15.3. The first-order valence-electron chi connectivity index (χ1n) is 6.26. The van der Waals surface area contributed by atoms with Crippen LogP contribution in [0.1, 0.15) is 44.9 Å². The van der Waals surface area contributed by atoms with Gasteiger partial charge in [-0.15, -0.1) is 0 Å². The van der Waals surface area contributed by atoms with Gasteiger partial charge in [0, 0.05) is 11.4 Å². The second kappa shape index (κ2) is 7.62. The van der Waals surface area contributed by atoms with Gasteiger partial charge in [0.2, 0.25) is 0 Å². The van der Waals surface area contributed by atoms with E-state index in [1.807, 2.05) is 0 Å². The van der Waals surface area contributed by atoms with Gasteiger partial charge in [-0.3, -0.25) is 0 Å². The highest BCUT2D eigenvalue weighted by Crippen LogP contribution is 2.30. The molecule has 0 aliphatic heterocycles. The topological polar surface area (TPSA) is 9.23 Å². The van der Waals surface area contributed by atoms with Crippen LogP contribution in [0.2, 0.25) is 0 Å². The minimum absolute atomic E-state index is 0.225. The van der Waals surface area contributed by atoms with E-state index in [4.69, 9.17) is 0 Å². The highest BCUT2D eigenvalue weighted by atomic mass is 79.9. The summed E-state index contributed by atoms with van der Waals surface area (Å²) in [5.74, 6) is 0.649. The zero-order valence-corrected chi connectivity index (χ0v) is 11.5. The molecule has 0 spiro atoms. The summed E-state index contributed by atoms with van der Waals surface area (Å²) in [5.41, 5.74) is 0. The van der Waals surface area contributed by atoms with Crippen molar-refractivity contribution in [2.75, 3.05) is 13.2 Å². The average molecular weight is 317 g/mol. The Hall–Kier alpha value is 0.230. The molecule has 2 atom stereocenters. The normalized spacial score (nSPS) is 26.8. The lowest BCUT2D eigenvalue weighted by molar-refractivity contribution is -0.174. The third kappa shape index (κ3) is 8.03. The summed E-state index contributed by atoms with van der Waals surface area (Å²) in [7, 11) is 0. The molecule has 1 aliphatic carbocycles. The van der Waals surface area contributed by atoms with Crippen molar-refractivity contribution in [3.8, 4) is 0 Å². The standard InChI is InChI=1S/C12H20BrF3O/c13-11-6-2-1-4-10(8-11)5-3-7-17-9-12(14,15)16/h10-11H,1-9H2. The van der Waals surface area contributed by atoms with Gasteiger partial charge in [-0.05, 0) is 31.6 Å². The van der Waals surface area contributed by atoms with Crippen molar-refractivity contribution in [1.82, 2.24) is 0 Å². The smallest absolute Gasteiger partial charge is 0.372 e. The van der Waals surface area contributed by atoms with Gasteiger partial charge >= 0.3 is 6.18 Å². The third-order valence-corrected chi connectivity index (χ3v) is 3.97. The van der Waals surface area contributed by atoms with E-state index in [1.165, 1.54) is 25.7 Å². The summed E-state index contributed by atoms with van der Waals surface area (Å²) in [4.78, 5) is 0.589. The Morgan fingerprint density at radius 2 is 1.88 bits per heavy atom. The maximum Gasteiger partial charge on any atom is 0.411 e. The molecule has 1 saturated carbocycles. The second-order valence-electron chi connectivity index (χ2n) is 4.79. The van der Waals surface area contributed by atoms with E-state index in [9.17, 15) is 13.2 Å². The van der Waals surface area contributed by atoms with Crippen LogP contribution in [-0.4, -0.2) is 24.2 Å². The molecule has 0 radical (unpaired) electrons. The van der Waals surface area contributed by atoms with Crippen LogP contribution in [-0.2, 0) is 4.74 Å². The average Bonchev–Trinajstić information content (AvgIpc) is 2.40. The largest absolute Gasteiger partial charge is 0.411 e. The predicted octanol–water partition coefficient (Wildman–Crippen LogP) is 4.69. The van der Waals surface area contributed by atoms with E-state index in [-0.39, 0.29) is 6.61 Å². The molecule has 0 saturated heterocycles.